The van der Waals surface area contributed by atoms with Gasteiger partial charge in [0.2, 0.25) is 5.91 Å². The minimum Gasteiger partial charge on any atom is -0.378 e. The number of aromatic nitrogens is 2. The lowest BCUT2D eigenvalue weighted by Gasteiger charge is -2.23. The van der Waals surface area contributed by atoms with Crippen molar-refractivity contribution in [2.45, 2.75) is 6.04 Å². The Balaban J connectivity index is 1.75. The van der Waals surface area contributed by atoms with E-state index >= 15 is 0 Å². The van der Waals surface area contributed by atoms with Crippen LogP contribution in [0.4, 0.5) is 5.69 Å². The van der Waals surface area contributed by atoms with E-state index in [4.69, 9.17) is 16.3 Å². The first-order valence-corrected chi connectivity index (χ1v) is 7.77. The maximum absolute atomic E-state index is 12.4. The summed E-state index contributed by atoms with van der Waals surface area (Å²) in [6, 6.07) is 5.19. The Bertz CT molecular complexity index is 886. The van der Waals surface area contributed by atoms with Crippen LogP contribution in [0.25, 0.3) is 21.8 Å². The molecular formula is C16H15ClN4O2. The van der Waals surface area contributed by atoms with Crippen molar-refractivity contribution in [3.8, 4) is 0 Å². The van der Waals surface area contributed by atoms with Crippen LogP contribution in [0.15, 0.2) is 30.6 Å². The highest BCUT2D eigenvalue weighted by Crippen LogP contribution is 2.33. The fraction of sp³-hybridized carbons (Fsp3) is 0.250. The van der Waals surface area contributed by atoms with Gasteiger partial charge < -0.3 is 20.4 Å². The van der Waals surface area contributed by atoms with Crippen LogP contribution in [0.1, 0.15) is 0 Å². The van der Waals surface area contributed by atoms with E-state index in [9.17, 15) is 4.79 Å². The molecule has 0 spiro atoms. The SMILES string of the molecule is O=C(Nc1cc(Cl)cc2c1[nH]c1cnccc12)[C@@H]1COCCN1. The number of nitrogens with zero attached hydrogens (tertiary/aromatic N) is 1. The van der Waals surface area contributed by atoms with Crippen LogP contribution >= 0.6 is 11.6 Å². The molecule has 2 aromatic heterocycles. The standard InChI is InChI=1S/C16H15ClN4O2/c17-9-5-11-10-1-2-18-7-13(10)20-15(11)12(6-9)21-16(22)14-8-23-4-3-19-14/h1-2,5-7,14,19-20H,3-4,8H2,(H,21,22)/t14-/m0/s1. The maximum Gasteiger partial charge on any atom is 0.243 e. The van der Waals surface area contributed by atoms with Crippen LogP contribution < -0.4 is 10.6 Å². The zero-order valence-electron chi connectivity index (χ0n) is 12.2. The van der Waals surface area contributed by atoms with E-state index < -0.39 is 0 Å². The molecule has 23 heavy (non-hydrogen) atoms. The number of nitrogens with one attached hydrogen (secondary N) is 3. The van der Waals surface area contributed by atoms with Crippen LogP contribution in [-0.4, -0.2) is 41.7 Å². The molecule has 1 amide bonds. The number of hydrogen-bond donors (Lipinski definition) is 3. The van der Waals surface area contributed by atoms with Gasteiger partial charge in [-0.25, -0.2) is 0 Å². The van der Waals surface area contributed by atoms with E-state index in [0.717, 1.165) is 21.8 Å². The van der Waals surface area contributed by atoms with Crippen molar-refractivity contribution in [2.75, 3.05) is 25.1 Å². The number of anilines is 1. The number of morpholine rings is 1. The molecule has 6 nitrogen and oxygen atoms in total. The molecule has 0 bridgehead atoms. The highest BCUT2D eigenvalue weighted by Gasteiger charge is 2.22. The molecule has 1 aliphatic rings. The highest BCUT2D eigenvalue weighted by atomic mass is 35.5. The van der Waals surface area contributed by atoms with Gasteiger partial charge in [-0.15, -0.1) is 0 Å². The minimum absolute atomic E-state index is 0.134. The molecule has 118 valence electrons. The number of carbonyl (C=O) groups is 1. The zero-order chi connectivity index (χ0) is 15.8. The topological polar surface area (TPSA) is 79.0 Å². The second kappa shape index (κ2) is 5.81. The molecule has 3 aromatic rings. The Morgan fingerprint density at radius 3 is 3.13 bits per heavy atom. The molecule has 0 saturated carbocycles. The molecule has 7 heteroatoms. The number of fused-ring (bicyclic) bond motifs is 3. The summed E-state index contributed by atoms with van der Waals surface area (Å²) in [5.74, 6) is -0.134. The van der Waals surface area contributed by atoms with Gasteiger partial charge in [0.05, 0.1) is 36.1 Å². The number of H-pyrrole nitrogens is 1. The van der Waals surface area contributed by atoms with E-state index in [1.165, 1.54) is 0 Å². The number of pyridine rings is 1. The number of amides is 1. The highest BCUT2D eigenvalue weighted by molar-refractivity contribution is 6.32. The van der Waals surface area contributed by atoms with E-state index in [1.807, 2.05) is 12.1 Å². The molecule has 4 rings (SSSR count). The van der Waals surface area contributed by atoms with Gasteiger partial charge in [-0.3, -0.25) is 9.78 Å². The fourth-order valence-corrected chi connectivity index (χ4v) is 3.09. The molecule has 3 N–H and O–H groups in total. The lowest BCUT2D eigenvalue weighted by molar-refractivity contribution is -0.120. The number of hydrogen-bond acceptors (Lipinski definition) is 4. The number of ether oxygens (including phenoxy) is 1. The molecule has 0 radical (unpaired) electrons. The summed E-state index contributed by atoms with van der Waals surface area (Å²) < 4.78 is 5.33. The van der Waals surface area contributed by atoms with Gasteiger partial charge in [0.1, 0.15) is 6.04 Å². The second-order valence-corrected chi connectivity index (χ2v) is 5.93. The van der Waals surface area contributed by atoms with Crippen LogP contribution in [-0.2, 0) is 9.53 Å². The smallest absolute Gasteiger partial charge is 0.243 e. The number of carbonyl (C=O) groups excluding carboxylic acids is 1. The minimum atomic E-state index is -0.358. The van der Waals surface area contributed by atoms with Crippen molar-refractivity contribution >= 4 is 45.0 Å². The van der Waals surface area contributed by atoms with Gasteiger partial charge in [0.15, 0.2) is 0 Å². The molecule has 1 aromatic carbocycles. The summed E-state index contributed by atoms with van der Waals surface area (Å²) >= 11 is 6.23. The number of halogens is 1. The van der Waals surface area contributed by atoms with Crippen molar-refractivity contribution < 1.29 is 9.53 Å². The average molecular weight is 331 g/mol. The first-order valence-electron chi connectivity index (χ1n) is 7.39. The molecule has 1 fully saturated rings. The largest absolute Gasteiger partial charge is 0.378 e. The Morgan fingerprint density at radius 2 is 2.30 bits per heavy atom. The number of rotatable bonds is 2. The van der Waals surface area contributed by atoms with Crippen LogP contribution in [0.2, 0.25) is 5.02 Å². The summed E-state index contributed by atoms with van der Waals surface area (Å²) in [4.78, 5) is 19.8. The van der Waals surface area contributed by atoms with Crippen LogP contribution in [0, 0.1) is 0 Å². The summed E-state index contributed by atoms with van der Waals surface area (Å²) in [6.07, 6.45) is 3.49. The Labute approximate surface area is 137 Å². The lowest BCUT2D eigenvalue weighted by Crippen LogP contribution is -2.48. The van der Waals surface area contributed by atoms with Crippen LogP contribution in [0.3, 0.4) is 0 Å². The third-order valence-electron chi connectivity index (χ3n) is 3.97. The Kier molecular flexibility index (Phi) is 3.65. The van der Waals surface area contributed by atoms with Gasteiger partial charge >= 0.3 is 0 Å². The van der Waals surface area contributed by atoms with Crippen LogP contribution in [0.5, 0.6) is 0 Å². The van der Waals surface area contributed by atoms with Gasteiger partial charge in [0, 0.05) is 28.5 Å². The van der Waals surface area contributed by atoms with E-state index in [2.05, 4.69) is 20.6 Å². The molecule has 1 aliphatic heterocycles. The Morgan fingerprint density at radius 1 is 1.39 bits per heavy atom. The molecule has 0 aliphatic carbocycles. The molecule has 1 atom stereocenters. The first kappa shape index (κ1) is 14.4. The van der Waals surface area contributed by atoms with E-state index in [1.54, 1.807) is 18.5 Å². The van der Waals surface area contributed by atoms with E-state index in [-0.39, 0.29) is 11.9 Å². The van der Waals surface area contributed by atoms with Crippen molar-refractivity contribution in [3.63, 3.8) is 0 Å². The lowest BCUT2D eigenvalue weighted by atomic mass is 10.1. The van der Waals surface area contributed by atoms with E-state index in [0.29, 0.717) is 30.5 Å². The summed E-state index contributed by atoms with van der Waals surface area (Å²) in [6.45, 7) is 1.66. The average Bonchev–Trinajstić information content (AvgIpc) is 2.94. The van der Waals surface area contributed by atoms with Crippen molar-refractivity contribution in [1.29, 1.82) is 0 Å². The van der Waals surface area contributed by atoms with Crippen molar-refractivity contribution in [2.24, 2.45) is 0 Å². The van der Waals surface area contributed by atoms with Gasteiger partial charge in [-0.05, 0) is 18.2 Å². The normalized spacial score (nSPS) is 18.4. The molecule has 1 saturated heterocycles. The quantitative estimate of drug-likeness (QED) is 0.673. The van der Waals surface area contributed by atoms with Gasteiger partial charge in [-0.2, -0.15) is 0 Å². The number of aromatic amines is 1. The summed E-state index contributed by atoms with van der Waals surface area (Å²) in [7, 11) is 0. The third-order valence-corrected chi connectivity index (χ3v) is 4.19. The predicted octanol–water partition coefficient (Wildman–Crippen LogP) is 2.30. The van der Waals surface area contributed by atoms with Crippen molar-refractivity contribution in [3.05, 3.63) is 35.6 Å². The summed E-state index contributed by atoms with van der Waals surface area (Å²) in [5, 5.41) is 8.62. The molecule has 0 unspecified atom stereocenters. The third kappa shape index (κ3) is 2.65. The maximum atomic E-state index is 12.4. The molecular weight excluding hydrogens is 316 g/mol. The Hall–Kier alpha value is -2.15. The molecule has 3 heterocycles. The second-order valence-electron chi connectivity index (χ2n) is 5.49. The summed E-state index contributed by atoms with van der Waals surface area (Å²) in [5.41, 5.74) is 2.39. The zero-order valence-corrected chi connectivity index (χ0v) is 13.0. The fourth-order valence-electron chi connectivity index (χ4n) is 2.87. The van der Waals surface area contributed by atoms with Gasteiger partial charge in [-0.1, -0.05) is 11.6 Å². The predicted molar refractivity (Wildman–Crippen MR) is 89.8 cm³/mol. The van der Waals surface area contributed by atoms with Crippen molar-refractivity contribution in [1.82, 2.24) is 15.3 Å². The van der Waals surface area contributed by atoms with Gasteiger partial charge in [0.25, 0.3) is 0 Å². The number of benzene rings is 1. The first-order chi connectivity index (χ1) is 11.2. The monoisotopic (exact) mass is 330 g/mol.